The average Bonchev–Trinajstić information content (AvgIpc) is 2.34. The lowest BCUT2D eigenvalue weighted by atomic mass is 10.2. The molecule has 19 heavy (non-hydrogen) atoms. The fourth-order valence-corrected chi connectivity index (χ4v) is 2.48. The minimum absolute atomic E-state index is 0.147. The highest BCUT2D eigenvalue weighted by Crippen LogP contribution is 2.32. The van der Waals surface area contributed by atoms with Gasteiger partial charge >= 0.3 is 6.18 Å². The van der Waals surface area contributed by atoms with E-state index in [4.69, 9.17) is 0 Å². The number of carbonyl (C=O) groups is 2. The second-order valence-electron chi connectivity index (χ2n) is 4.07. The zero-order valence-electron chi connectivity index (χ0n) is 9.90. The first-order valence-corrected chi connectivity index (χ1v) is 6.51. The molecular weight excluding hydrogens is 279 g/mol. The molecule has 7 heteroatoms. The third-order valence-electron chi connectivity index (χ3n) is 2.73. The first-order chi connectivity index (χ1) is 8.80. The van der Waals surface area contributed by atoms with Gasteiger partial charge in [0.25, 0.3) is 0 Å². The number of carbonyl (C=O) groups excluding carboxylic acids is 2. The molecule has 1 atom stereocenters. The Hall–Kier alpha value is -1.50. The van der Waals surface area contributed by atoms with Gasteiger partial charge in [0, 0.05) is 0 Å². The van der Waals surface area contributed by atoms with Crippen LogP contribution in [0, 0.1) is 0 Å². The summed E-state index contributed by atoms with van der Waals surface area (Å²) in [5.74, 6) is -0.664. The minimum atomic E-state index is -4.43. The van der Waals surface area contributed by atoms with E-state index in [-0.39, 0.29) is 16.7 Å². The van der Waals surface area contributed by atoms with E-state index in [0.29, 0.717) is 0 Å². The molecule has 1 heterocycles. The standard InChI is InChI=1S/C12H10F3NO2S/c1-7-11(18)16(10(17)6-19-7)9-4-2-8(3-5-9)12(13,14)15/h2-5,7H,6H2,1H3/t7-/m0/s1. The summed E-state index contributed by atoms with van der Waals surface area (Å²) < 4.78 is 37.3. The van der Waals surface area contributed by atoms with Crippen molar-refractivity contribution in [1.82, 2.24) is 0 Å². The monoisotopic (exact) mass is 289 g/mol. The molecule has 102 valence electrons. The van der Waals surface area contributed by atoms with Crippen molar-refractivity contribution in [2.75, 3.05) is 10.7 Å². The summed E-state index contributed by atoms with van der Waals surface area (Å²) in [5.41, 5.74) is -0.634. The van der Waals surface area contributed by atoms with Crippen LogP contribution in [0.15, 0.2) is 24.3 Å². The molecule has 0 saturated carbocycles. The number of nitrogens with zero attached hydrogens (tertiary/aromatic N) is 1. The van der Waals surface area contributed by atoms with Crippen LogP contribution in [0.5, 0.6) is 0 Å². The molecule has 0 spiro atoms. The van der Waals surface area contributed by atoms with Crippen LogP contribution in [-0.4, -0.2) is 22.8 Å². The Kier molecular flexibility index (Phi) is 3.58. The molecule has 2 rings (SSSR count). The first kappa shape index (κ1) is 13.9. The molecule has 0 N–H and O–H groups in total. The molecule has 0 radical (unpaired) electrons. The molecule has 1 aliphatic rings. The lowest BCUT2D eigenvalue weighted by molar-refractivity contribution is -0.137. The van der Waals surface area contributed by atoms with Crippen LogP contribution < -0.4 is 4.90 Å². The number of benzene rings is 1. The van der Waals surface area contributed by atoms with E-state index in [2.05, 4.69) is 0 Å². The van der Waals surface area contributed by atoms with Crippen LogP contribution >= 0.6 is 11.8 Å². The Balaban J connectivity index is 2.31. The summed E-state index contributed by atoms with van der Waals surface area (Å²) in [6.45, 7) is 1.66. The maximum Gasteiger partial charge on any atom is 0.416 e. The number of thioether (sulfide) groups is 1. The fourth-order valence-electron chi connectivity index (χ4n) is 1.71. The van der Waals surface area contributed by atoms with Crippen LogP contribution in [-0.2, 0) is 15.8 Å². The Labute approximate surface area is 111 Å². The summed E-state index contributed by atoms with van der Waals surface area (Å²) >= 11 is 1.22. The summed E-state index contributed by atoms with van der Waals surface area (Å²) in [7, 11) is 0. The minimum Gasteiger partial charge on any atom is -0.273 e. The predicted molar refractivity (Wildman–Crippen MR) is 65.9 cm³/mol. The van der Waals surface area contributed by atoms with Crippen molar-refractivity contribution in [1.29, 1.82) is 0 Å². The van der Waals surface area contributed by atoms with E-state index in [1.807, 2.05) is 0 Å². The number of amides is 2. The number of imide groups is 1. The zero-order valence-corrected chi connectivity index (χ0v) is 10.7. The normalized spacial score (nSPS) is 20.8. The fraction of sp³-hybridized carbons (Fsp3) is 0.333. The molecule has 2 amide bonds. The number of halogens is 3. The number of hydrogen-bond donors (Lipinski definition) is 0. The van der Waals surface area contributed by atoms with Gasteiger partial charge in [-0.05, 0) is 31.2 Å². The Morgan fingerprint density at radius 2 is 1.79 bits per heavy atom. The van der Waals surface area contributed by atoms with E-state index in [9.17, 15) is 22.8 Å². The van der Waals surface area contributed by atoms with Gasteiger partial charge in [0.1, 0.15) is 0 Å². The number of alkyl halides is 3. The number of rotatable bonds is 1. The van der Waals surface area contributed by atoms with E-state index in [0.717, 1.165) is 29.2 Å². The van der Waals surface area contributed by atoms with Crippen molar-refractivity contribution in [3.63, 3.8) is 0 Å². The predicted octanol–water partition coefficient (Wildman–Crippen LogP) is 2.70. The summed E-state index contributed by atoms with van der Waals surface area (Å²) in [5, 5.41) is -0.375. The van der Waals surface area contributed by atoms with Gasteiger partial charge in [-0.15, -0.1) is 11.8 Å². The molecule has 0 aromatic heterocycles. The molecule has 1 aliphatic heterocycles. The van der Waals surface area contributed by atoms with E-state index < -0.39 is 23.6 Å². The SMILES string of the molecule is C[C@@H]1SCC(=O)N(c2ccc(C(F)(F)F)cc2)C1=O. The van der Waals surface area contributed by atoms with E-state index >= 15 is 0 Å². The molecule has 3 nitrogen and oxygen atoms in total. The lowest BCUT2D eigenvalue weighted by Crippen LogP contribution is -2.46. The van der Waals surface area contributed by atoms with Gasteiger partial charge < -0.3 is 0 Å². The van der Waals surface area contributed by atoms with Crippen molar-refractivity contribution in [3.8, 4) is 0 Å². The van der Waals surface area contributed by atoms with Crippen LogP contribution in [0.1, 0.15) is 12.5 Å². The molecule has 0 unspecified atom stereocenters. The van der Waals surface area contributed by atoms with Crippen molar-refractivity contribution in [2.45, 2.75) is 18.3 Å². The topological polar surface area (TPSA) is 37.4 Å². The maximum absolute atomic E-state index is 12.4. The smallest absolute Gasteiger partial charge is 0.273 e. The van der Waals surface area contributed by atoms with Gasteiger partial charge in [-0.3, -0.25) is 9.59 Å². The molecule has 1 fully saturated rings. The van der Waals surface area contributed by atoms with Crippen molar-refractivity contribution >= 4 is 29.3 Å². The summed E-state index contributed by atoms with van der Waals surface area (Å²) in [6.07, 6.45) is -4.43. The van der Waals surface area contributed by atoms with Crippen LogP contribution in [0.4, 0.5) is 18.9 Å². The van der Waals surface area contributed by atoms with Crippen LogP contribution in [0.3, 0.4) is 0 Å². The zero-order chi connectivity index (χ0) is 14.2. The average molecular weight is 289 g/mol. The van der Waals surface area contributed by atoms with Gasteiger partial charge in [0.15, 0.2) is 0 Å². The van der Waals surface area contributed by atoms with Crippen molar-refractivity contribution < 1.29 is 22.8 Å². The Morgan fingerprint density at radius 1 is 1.21 bits per heavy atom. The number of hydrogen-bond acceptors (Lipinski definition) is 3. The Morgan fingerprint density at radius 3 is 2.32 bits per heavy atom. The highest BCUT2D eigenvalue weighted by Gasteiger charge is 2.34. The molecule has 1 aromatic carbocycles. The molecule has 1 aromatic rings. The summed E-state index contributed by atoms with van der Waals surface area (Å²) in [6, 6.07) is 4.01. The highest BCUT2D eigenvalue weighted by molar-refractivity contribution is 8.01. The van der Waals surface area contributed by atoms with Crippen LogP contribution in [0.2, 0.25) is 0 Å². The molecule has 0 bridgehead atoms. The van der Waals surface area contributed by atoms with Crippen molar-refractivity contribution in [3.05, 3.63) is 29.8 Å². The largest absolute Gasteiger partial charge is 0.416 e. The number of anilines is 1. The van der Waals surface area contributed by atoms with E-state index in [1.165, 1.54) is 11.8 Å². The first-order valence-electron chi connectivity index (χ1n) is 5.46. The lowest BCUT2D eigenvalue weighted by Gasteiger charge is -2.28. The third-order valence-corrected chi connectivity index (χ3v) is 3.84. The second-order valence-corrected chi connectivity index (χ2v) is 5.39. The van der Waals surface area contributed by atoms with Gasteiger partial charge in [-0.2, -0.15) is 13.2 Å². The van der Waals surface area contributed by atoms with E-state index in [1.54, 1.807) is 6.92 Å². The molecule has 1 saturated heterocycles. The van der Waals surface area contributed by atoms with Gasteiger partial charge in [0.05, 0.1) is 22.3 Å². The Bertz CT molecular complexity index is 513. The van der Waals surface area contributed by atoms with Gasteiger partial charge in [-0.25, -0.2) is 4.90 Å². The van der Waals surface area contributed by atoms with Gasteiger partial charge in [-0.1, -0.05) is 0 Å². The summed E-state index contributed by atoms with van der Waals surface area (Å²) in [4.78, 5) is 24.5. The molecule has 0 aliphatic carbocycles. The van der Waals surface area contributed by atoms with Crippen LogP contribution in [0.25, 0.3) is 0 Å². The maximum atomic E-state index is 12.4. The second kappa shape index (κ2) is 4.88. The molecular formula is C12H10F3NO2S. The van der Waals surface area contributed by atoms with Crippen molar-refractivity contribution in [2.24, 2.45) is 0 Å². The highest BCUT2D eigenvalue weighted by atomic mass is 32.2. The third kappa shape index (κ3) is 2.75. The quantitative estimate of drug-likeness (QED) is 0.746. The van der Waals surface area contributed by atoms with Gasteiger partial charge in [0.2, 0.25) is 11.8 Å².